The molecular weight excluding hydrogens is 369 g/mol. The van der Waals surface area contributed by atoms with Crippen molar-refractivity contribution < 1.29 is 9.18 Å². The number of carbonyl (C=O) groups excluding carboxylic acids is 1. The predicted molar refractivity (Wildman–Crippen MR) is 97.8 cm³/mol. The molecule has 1 aliphatic heterocycles. The monoisotopic (exact) mass is 385 g/mol. The fourth-order valence-corrected chi connectivity index (χ4v) is 3.62. The Morgan fingerprint density at radius 3 is 2.89 bits per heavy atom. The molecule has 2 aromatic heterocycles. The summed E-state index contributed by atoms with van der Waals surface area (Å²) in [5, 5.41) is 8.53. The number of hydrogen-bond acceptors (Lipinski definition) is 4. The van der Waals surface area contributed by atoms with Crippen LogP contribution in [0.15, 0.2) is 49.1 Å². The maximum Gasteiger partial charge on any atom is 0.256 e. The van der Waals surface area contributed by atoms with Crippen molar-refractivity contribution >= 4 is 17.5 Å². The van der Waals surface area contributed by atoms with Gasteiger partial charge in [-0.05, 0) is 48.7 Å². The molecule has 1 saturated heterocycles. The average Bonchev–Trinajstić information content (AvgIpc) is 3.33. The summed E-state index contributed by atoms with van der Waals surface area (Å²) in [7, 11) is 0. The zero-order valence-corrected chi connectivity index (χ0v) is 15.2. The summed E-state index contributed by atoms with van der Waals surface area (Å²) in [5.41, 5.74) is 1.24. The third-order valence-corrected chi connectivity index (χ3v) is 5.05. The highest BCUT2D eigenvalue weighted by Crippen LogP contribution is 2.33. The van der Waals surface area contributed by atoms with Gasteiger partial charge in [-0.3, -0.25) is 9.78 Å². The van der Waals surface area contributed by atoms with Gasteiger partial charge in [-0.25, -0.2) is 4.39 Å². The molecule has 138 valence electrons. The van der Waals surface area contributed by atoms with Crippen molar-refractivity contribution in [2.24, 2.45) is 0 Å². The molecule has 0 N–H and O–H groups in total. The van der Waals surface area contributed by atoms with Crippen LogP contribution < -0.4 is 0 Å². The van der Waals surface area contributed by atoms with E-state index < -0.39 is 5.82 Å². The number of benzene rings is 1. The lowest BCUT2D eigenvalue weighted by Gasteiger charge is -2.25. The van der Waals surface area contributed by atoms with Crippen LogP contribution in [0.2, 0.25) is 5.02 Å². The highest BCUT2D eigenvalue weighted by atomic mass is 35.5. The molecule has 0 saturated carbocycles. The van der Waals surface area contributed by atoms with Crippen molar-refractivity contribution in [1.29, 1.82) is 0 Å². The van der Waals surface area contributed by atoms with E-state index in [0.717, 1.165) is 18.4 Å². The van der Waals surface area contributed by atoms with Crippen LogP contribution >= 0.6 is 11.6 Å². The molecule has 3 heterocycles. The minimum Gasteiger partial charge on any atom is -0.328 e. The number of amides is 1. The van der Waals surface area contributed by atoms with E-state index in [1.165, 1.54) is 18.2 Å². The SMILES string of the molecule is O=C(c1cc(F)ccc1Cl)N1CCCC1c1nncn1Cc1ccncc1. The van der Waals surface area contributed by atoms with Gasteiger partial charge in [0.1, 0.15) is 12.1 Å². The lowest BCUT2D eigenvalue weighted by molar-refractivity contribution is 0.0727. The van der Waals surface area contributed by atoms with Gasteiger partial charge in [0.2, 0.25) is 0 Å². The Hall–Kier alpha value is -2.80. The molecule has 0 radical (unpaired) electrons. The Kier molecular flexibility index (Phi) is 4.85. The highest BCUT2D eigenvalue weighted by Gasteiger charge is 2.34. The van der Waals surface area contributed by atoms with E-state index >= 15 is 0 Å². The Bertz CT molecular complexity index is 962. The van der Waals surface area contributed by atoms with Crippen molar-refractivity contribution in [3.05, 3.63) is 76.8 Å². The van der Waals surface area contributed by atoms with Crippen molar-refractivity contribution in [3.63, 3.8) is 0 Å². The fourth-order valence-electron chi connectivity index (χ4n) is 3.42. The molecule has 0 aliphatic carbocycles. The smallest absolute Gasteiger partial charge is 0.256 e. The molecule has 1 fully saturated rings. The topological polar surface area (TPSA) is 63.9 Å². The van der Waals surface area contributed by atoms with Crippen LogP contribution in [-0.2, 0) is 6.54 Å². The molecule has 1 atom stereocenters. The summed E-state index contributed by atoms with van der Waals surface area (Å²) in [4.78, 5) is 18.7. The molecule has 6 nitrogen and oxygen atoms in total. The molecule has 1 unspecified atom stereocenters. The molecule has 8 heteroatoms. The van der Waals surface area contributed by atoms with Gasteiger partial charge in [-0.15, -0.1) is 10.2 Å². The normalized spacial score (nSPS) is 16.7. The van der Waals surface area contributed by atoms with Crippen molar-refractivity contribution in [2.75, 3.05) is 6.54 Å². The number of pyridine rings is 1. The Balaban J connectivity index is 1.62. The Labute approximate surface area is 160 Å². The molecule has 27 heavy (non-hydrogen) atoms. The van der Waals surface area contributed by atoms with Crippen LogP contribution in [0.4, 0.5) is 4.39 Å². The maximum absolute atomic E-state index is 13.6. The van der Waals surface area contributed by atoms with Crippen LogP contribution in [0.5, 0.6) is 0 Å². The lowest BCUT2D eigenvalue weighted by atomic mass is 10.1. The number of rotatable bonds is 4. The van der Waals surface area contributed by atoms with Crippen LogP contribution in [0.1, 0.15) is 40.6 Å². The first-order chi connectivity index (χ1) is 13.1. The van der Waals surface area contributed by atoms with E-state index in [1.807, 2.05) is 16.7 Å². The number of halogens is 2. The number of aromatic nitrogens is 4. The summed E-state index contributed by atoms with van der Waals surface area (Å²) >= 11 is 6.13. The van der Waals surface area contributed by atoms with Gasteiger partial charge in [0.05, 0.1) is 23.2 Å². The molecule has 1 aromatic carbocycles. The second-order valence-corrected chi connectivity index (χ2v) is 6.86. The van der Waals surface area contributed by atoms with Gasteiger partial charge >= 0.3 is 0 Å². The number of carbonyl (C=O) groups is 1. The largest absolute Gasteiger partial charge is 0.328 e. The second-order valence-electron chi connectivity index (χ2n) is 6.45. The summed E-state index contributed by atoms with van der Waals surface area (Å²) in [6.07, 6.45) is 6.73. The maximum atomic E-state index is 13.6. The zero-order valence-electron chi connectivity index (χ0n) is 14.4. The third-order valence-electron chi connectivity index (χ3n) is 4.72. The Morgan fingerprint density at radius 2 is 2.07 bits per heavy atom. The fraction of sp³-hybridized carbons (Fsp3) is 0.263. The van der Waals surface area contributed by atoms with E-state index in [1.54, 1.807) is 23.6 Å². The number of likely N-dealkylation sites (tertiary alicyclic amines) is 1. The lowest BCUT2D eigenvalue weighted by Crippen LogP contribution is -2.32. The molecule has 0 spiro atoms. The molecule has 0 bridgehead atoms. The van der Waals surface area contributed by atoms with Crippen molar-refractivity contribution in [3.8, 4) is 0 Å². The summed E-state index contributed by atoms with van der Waals surface area (Å²) in [5.74, 6) is -0.0648. The average molecular weight is 386 g/mol. The predicted octanol–water partition coefficient (Wildman–Crippen LogP) is 3.49. The van der Waals surface area contributed by atoms with Crippen LogP contribution in [-0.4, -0.2) is 37.1 Å². The molecule has 4 rings (SSSR count). The van der Waals surface area contributed by atoms with Gasteiger partial charge in [0.15, 0.2) is 5.82 Å². The van der Waals surface area contributed by atoms with Gasteiger partial charge in [-0.2, -0.15) is 0 Å². The minimum atomic E-state index is -0.487. The zero-order chi connectivity index (χ0) is 18.8. The molecule has 1 aliphatic rings. The molecule has 1 amide bonds. The van der Waals surface area contributed by atoms with E-state index in [2.05, 4.69) is 15.2 Å². The van der Waals surface area contributed by atoms with Gasteiger partial charge in [0.25, 0.3) is 5.91 Å². The standard InChI is InChI=1S/C19H17ClFN5O/c20-16-4-3-14(21)10-15(16)19(27)26-9-1-2-17(26)18-24-23-12-25(18)11-13-5-7-22-8-6-13/h3-8,10,12,17H,1-2,9,11H2. The van der Waals surface area contributed by atoms with Crippen LogP contribution in [0.3, 0.4) is 0 Å². The summed E-state index contributed by atoms with van der Waals surface area (Å²) in [6, 6.07) is 7.46. The van der Waals surface area contributed by atoms with Gasteiger partial charge in [-0.1, -0.05) is 11.6 Å². The van der Waals surface area contributed by atoms with E-state index in [0.29, 0.717) is 18.9 Å². The quantitative estimate of drug-likeness (QED) is 0.689. The first-order valence-corrected chi connectivity index (χ1v) is 9.04. The first kappa shape index (κ1) is 17.6. The van der Waals surface area contributed by atoms with Gasteiger partial charge < -0.3 is 9.47 Å². The summed E-state index contributed by atoms with van der Waals surface area (Å²) < 4.78 is 15.5. The van der Waals surface area contributed by atoms with Gasteiger partial charge in [0, 0.05) is 18.9 Å². The number of hydrogen-bond donors (Lipinski definition) is 0. The second kappa shape index (κ2) is 7.44. The Morgan fingerprint density at radius 1 is 1.26 bits per heavy atom. The van der Waals surface area contributed by atoms with Crippen molar-refractivity contribution in [2.45, 2.75) is 25.4 Å². The van der Waals surface area contributed by atoms with Crippen molar-refractivity contribution in [1.82, 2.24) is 24.6 Å². The van der Waals surface area contributed by atoms with E-state index in [9.17, 15) is 9.18 Å². The third kappa shape index (κ3) is 3.55. The molecule has 3 aromatic rings. The van der Waals surface area contributed by atoms with Crippen LogP contribution in [0, 0.1) is 5.82 Å². The van der Waals surface area contributed by atoms with E-state index in [-0.39, 0.29) is 22.5 Å². The first-order valence-electron chi connectivity index (χ1n) is 8.66. The summed E-state index contributed by atoms with van der Waals surface area (Å²) in [6.45, 7) is 1.16. The van der Waals surface area contributed by atoms with E-state index in [4.69, 9.17) is 11.6 Å². The number of nitrogens with zero attached hydrogens (tertiary/aromatic N) is 5. The van der Waals surface area contributed by atoms with Crippen LogP contribution in [0.25, 0.3) is 0 Å². The molecular formula is C19H17ClFN5O. The highest BCUT2D eigenvalue weighted by molar-refractivity contribution is 6.33. The minimum absolute atomic E-state index is 0.170.